The molecule has 1 unspecified atom stereocenters. The lowest BCUT2D eigenvalue weighted by molar-refractivity contribution is -0.133. The normalized spacial score (nSPS) is 14.6. The first-order chi connectivity index (χ1) is 13.6. The van der Waals surface area contributed by atoms with Gasteiger partial charge in [0.2, 0.25) is 17.7 Å². The fourth-order valence-electron chi connectivity index (χ4n) is 3.26. The van der Waals surface area contributed by atoms with Gasteiger partial charge in [-0.2, -0.15) is 0 Å². The summed E-state index contributed by atoms with van der Waals surface area (Å²) < 4.78 is 5.80. The van der Waals surface area contributed by atoms with Gasteiger partial charge in [-0.3, -0.25) is 4.79 Å². The van der Waals surface area contributed by atoms with Gasteiger partial charge in [-0.25, -0.2) is 0 Å². The van der Waals surface area contributed by atoms with E-state index in [1.165, 1.54) is 5.56 Å². The van der Waals surface area contributed by atoms with Gasteiger partial charge in [0, 0.05) is 23.0 Å². The number of hydrogen-bond donors (Lipinski definition) is 0. The molecule has 3 aromatic rings. The van der Waals surface area contributed by atoms with Gasteiger partial charge >= 0.3 is 0 Å². The van der Waals surface area contributed by atoms with E-state index in [4.69, 9.17) is 16.0 Å². The number of carbonyl (C=O) groups is 1. The van der Waals surface area contributed by atoms with Crippen molar-refractivity contribution in [1.82, 2.24) is 15.1 Å². The molecular formula is C22H22ClN3O2. The predicted octanol–water partition coefficient (Wildman–Crippen LogP) is 5.07. The lowest BCUT2D eigenvalue weighted by atomic mass is 9.97. The Bertz CT molecular complexity index is 936. The molecule has 1 heterocycles. The first-order valence-corrected chi connectivity index (χ1v) is 9.90. The molecular weight excluding hydrogens is 374 g/mol. The number of halogens is 1. The van der Waals surface area contributed by atoms with Gasteiger partial charge < -0.3 is 9.32 Å². The highest BCUT2D eigenvalue weighted by Crippen LogP contribution is 2.31. The summed E-state index contributed by atoms with van der Waals surface area (Å²) in [7, 11) is 0. The fraction of sp³-hybridized carbons (Fsp3) is 0.318. The van der Waals surface area contributed by atoms with Crippen molar-refractivity contribution in [2.45, 2.75) is 44.7 Å². The highest BCUT2D eigenvalue weighted by atomic mass is 35.5. The second-order valence-electron chi connectivity index (χ2n) is 7.28. The molecule has 1 amide bonds. The van der Waals surface area contributed by atoms with Crippen molar-refractivity contribution in [1.29, 1.82) is 0 Å². The summed E-state index contributed by atoms with van der Waals surface area (Å²) >= 11 is 5.92. The van der Waals surface area contributed by atoms with Crippen molar-refractivity contribution in [3.05, 3.63) is 71.1 Å². The van der Waals surface area contributed by atoms with E-state index in [9.17, 15) is 4.79 Å². The Labute approximate surface area is 169 Å². The number of hydrogen-bond acceptors (Lipinski definition) is 4. The number of nitrogens with zero attached hydrogens (tertiary/aromatic N) is 3. The predicted molar refractivity (Wildman–Crippen MR) is 108 cm³/mol. The van der Waals surface area contributed by atoms with Crippen LogP contribution in [0.3, 0.4) is 0 Å². The van der Waals surface area contributed by atoms with Gasteiger partial charge in [0.15, 0.2) is 0 Å². The van der Waals surface area contributed by atoms with E-state index in [2.05, 4.69) is 29.3 Å². The van der Waals surface area contributed by atoms with Crippen LogP contribution in [-0.2, 0) is 11.3 Å². The molecule has 0 saturated heterocycles. The van der Waals surface area contributed by atoms with E-state index in [0.29, 0.717) is 29.8 Å². The molecule has 28 heavy (non-hydrogen) atoms. The molecule has 5 nitrogen and oxygen atoms in total. The maximum absolute atomic E-state index is 12.9. The van der Waals surface area contributed by atoms with Crippen LogP contribution in [0.2, 0.25) is 5.02 Å². The van der Waals surface area contributed by atoms with Gasteiger partial charge in [0.05, 0.1) is 6.54 Å². The third-order valence-corrected chi connectivity index (χ3v) is 5.27. The molecule has 1 aromatic heterocycles. The maximum atomic E-state index is 12.9. The molecule has 4 rings (SSSR count). The highest BCUT2D eigenvalue weighted by molar-refractivity contribution is 6.30. The second-order valence-corrected chi connectivity index (χ2v) is 7.71. The smallest absolute Gasteiger partial charge is 0.247 e. The molecule has 0 spiro atoms. The Morgan fingerprint density at radius 2 is 1.86 bits per heavy atom. The molecule has 1 fully saturated rings. The van der Waals surface area contributed by atoms with Crippen LogP contribution in [0, 0.1) is 0 Å². The summed E-state index contributed by atoms with van der Waals surface area (Å²) in [4.78, 5) is 14.8. The first kappa shape index (κ1) is 18.7. The number of rotatable bonds is 7. The van der Waals surface area contributed by atoms with E-state index in [1.54, 1.807) is 12.1 Å². The van der Waals surface area contributed by atoms with Crippen LogP contribution in [0.15, 0.2) is 59.0 Å². The van der Waals surface area contributed by atoms with E-state index >= 15 is 0 Å². The molecule has 2 aromatic carbocycles. The zero-order valence-corrected chi connectivity index (χ0v) is 16.5. The van der Waals surface area contributed by atoms with E-state index in [-0.39, 0.29) is 17.9 Å². The molecule has 1 aliphatic rings. The van der Waals surface area contributed by atoms with Crippen LogP contribution in [0.5, 0.6) is 0 Å². The molecule has 1 aliphatic carbocycles. The Morgan fingerprint density at radius 1 is 1.14 bits per heavy atom. The summed E-state index contributed by atoms with van der Waals surface area (Å²) in [5.74, 6) is 1.19. The van der Waals surface area contributed by atoms with E-state index in [0.717, 1.165) is 18.4 Å². The zero-order chi connectivity index (χ0) is 19.5. The molecule has 1 atom stereocenters. The Balaban J connectivity index is 1.44. The van der Waals surface area contributed by atoms with E-state index in [1.807, 2.05) is 35.2 Å². The summed E-state index contributed by atoms with van der Waals surface area (Å²) in [6, 6.07) is 17.7. The van der Waals surface area contributed by atoms with Crippen LogP contribution in [0.25, 0.3) is 11.5 Å². The minimum absolute atomic E-state index is 0.130. The Hall–Kier alpha value is -2.66. The van der Waals surface area contributed by atoms with Gasteiger partial charge in [-0.15, -0.1) is 10.2 Å². The first-order valence-electron chi connectivity index (χ1n) is 9.53. The van der Waals surface area contributed by atoms with Crippen molar-refractivity contribution in [2.75, 3.05) is 0 Å². The van der Waals surface area contributed by atoms with Gasteiger partial charge in [-0.05, 0) is 48.6 Å². The number of aromatic nitrogens is 2. The lowest BCUT2D eigenvalue weighted by Gasteiger charge is -2.22. The van der Waals surface area contributed by atoms with Crippen molar-refractivity contribution in [3.8, 4) is 11.5 Å². The Morgan fingerprint density at radius 3 is 2.54 bits per heavy atom. The second kappa shape index (κ2) is 8.15. The third-order valence-electron chi connectivity index (χ3n) is 5.02. The maximum Gasteiger partial charge on any atom is 0.247 e. The molecule has 0 radical (unpaired) electrons. The monoisotopic (exact) mass is 395 g/mol. The van der Waals surface area contributed by atoms with Crippen LogP contribution in [0.4, 0.5) is 0 Å². The summed E-state index contributed by atoms with van der Waals surface area (Å²) in [5.41, 5.74) is 1.99. The largest absolute Gasteiger partial charge is 0.419 e. The number of benzene rings is 2. The molecule has 0 bridgehead atoms. The minimum Gasteiger partial charge on any atom is -0.419 e. The number of carbonyl (C=O) groups excluding carboxylic acids is 1. The molecule has 6 heteroatoms. The lowest BCUT2D eigenvalue weighted by Crippen LogP contribution is -2.33. The SMILES string of the molecule is CC(CC(=O)N(Cc1nnc(-c2ccc(Cl)cc2)o1)C1CC1)c1ccccc1. The fourth-order valence-corrected chi connectivity index (χ4v) is 3.38. The summed E-state index contributed by atoms with van der Waals surface area (Å²) in [5, 5.41) is 8.91. The zero-order valence-electron chi connectivity index (χ0n) is 15.7. The quantitative estimate of drug-likeness (QED) is 0.560. The van der Waals surface area contributed by atoms with Gasteiger partial charge in [0.25, 0.3) is 0 Å². The summed E-state index contributed by atoms with van der Waals surface area (Å²) in [6.07, 6.45) is 2.53. The van der Waals surface area contributed by atoms with Crippen LogP contribution in [0.1, 0.15) is 43.6 Å². The standard InChI is InChI=1S/C22H22ClN3O2/c1-15(16-5-3-2-4-6-16)13-21(27)26(19-11-12-19)14-20-24-25-22(28-20)17-7-9-18(23)10-8-17/h2-10,15,19H,11-14H2,1H3. The minimum atomic E-state index is 0.130. The van der Waals surface area contributed by atoms with Crippen molar-refractivity contribution >= 4 is 17.5 Å². The topological polar surface area (TPSA) is 59.2 Å². The van der Waals surface area contributed by atoms with Crippen LogP contribution >= 0.6 is 11.6 Å². The molecule has 0 aliphatic heterocycles. The van der Waals surface area contributed by atoms with Gasteiger partial charge in [0.1, 0.15) is 0 Å². The molecule has 144 valence electrons. The average molecular weight is 396 g/mol. The van der Waals surface area contributed by atoms with E-state index < -0.39 is 0 Å². The van der Waals surface area contributed by atoms with Crippen LogP contribution in [-0.4, -0.2) is 27.0 Å². The van der Waals surface area contributed by atoms with Crippen molar-refractivity contribution < 1.29 is 9.21 Å². The van der Waals surface area contributed by atoms with Crippen LogP contribution < -0.4 is 0 Å². The molecule has 1 saturated carbocycles. The molecule has 0 N–H and O–H groups in total. The third kappa shape index (κ3) is 4.42. The highest BCUT2D eigenvalue weighted by Gasteiger charge is 2.34. The Kier molecular flexibility index (Phi) is 5.44. The number of amides is 1. The van der Waals surface area contributed by atoms with Crippen molar-refractivity contribution in [3.63, 3.8) is 0 Å². The average Bonchev–Trinajstić information content (AvgIpc) is 3.45. The van der Waals surface area contributed by atoms with Crippen molar-refractivity contribution in [2.24, 2.45) is 0 Å². The van der Waals surface area contributed by atoms with Gasteiger partial charge in [-0.1, -0.05) is 48.9 Å². The summed E-state index contributed by atoms with van der Waals surface area (Å²) in [6.45, 7) is 2.44.